The molecule has 114 valence electrons. The van der Waals surface area contributed by atoms with E-state index in [9.17, 15) is 9.59 Å². The fourth-order valence-corrected chi connectivity index (χ4v) is 2.48. The number of hydrogen-bond donors (Lipinski definition) is 0. The topological polar surface area (TPSA) is 68.7 Å². The third-order valence-corrected chi connectivity index (χ3v) is 3.53. The number of anilines is 1. The molecule has 1 aromatic rings. The number of methoxy groups -OCH3 is 1. The second-order valence-corrected chi connectivity index (χ2v) is 4.85. The van der Waals surface area contributed by atoms with E-state index in [0.717, 1.165) is 25.8 Å². The Hall–Kier alpha value is -2.11. The molecule has 1 aliphatic heterocycles. The van der Waals surface area contributed by atoms with Crippen LogP contribution in [-0.2, 0) is 14.3 Å². The zero-order valence-electron chi connectivity index (χ0n) is 12.4. The predicted octanol–water partition coefficient (Wildman–Crippen LogP) is 1.79. The Morgan fingerprint density at radius 1 is 1.38 bits per heavy atom. The lowest BCUT2D eigenvalue weighted by atomic mass is 10.0. The Labute approximate surface area is 124 Å². The van der Waals surface area contributed by atoms with Crippen molar-refractivity contribution in [2.75, 3.05) is 25.2 Å². The number of carbonyl (C=O) groups is 2. The van der Waals surface area contributed by atoms with Gasteiger partial charge in [-0.1, -0.05) is 0 Å². The molecule has 0 aliphatic carbocycles. The molecular formula is C15H20N2O4. The molecule has 1 unspecified atom stereocenters. The van der Waals surface area contributed by atoms with Gasteiger partial charge < -0.3 is 14.4 Å². The Balaban J connectivity index is 2.16. The van der Waals surface area contributed by atoms with Crippen LogP contribution in [0, 0.1) is 0 Å². The molecule has 6 heteroatoms. The molecule has 1 saturated heterocycles. The summed E-state index contributed by atoms with van der Waals surface area (Å²) in [6.45, 7) is 2.84. The van der Waals surface area contributed by atoms with Crippen LogP contribution >= 0.6 is 0 Å². The highest BCUT2D eigenvalue weighted by Gasteiger charge is 2.30. The zero-order chi connectivity index (χ0) is 15.2. The number of piperidine rings is 1. The molecule has 0 N–H and O–H groups in total. The van der Waals surface area contributed by atoms with Gasteiger partial charge >= 0.3 is 11.9 Å². The number of pyridine rings is 1. The highest BCUT2D eigenvalue weighted by Crippen LogP contribution is 2.24. The zero-order valence-corrected chi connectivity index (χ0v) is 12.4. The fraction of sp³-hybridized carbons (Fsp3) is 0.533. The molecule has 2 rings (SSSR count). The minimum absolute atomic E-state index is 0.244. The van der Waals surface area contributed by atoms with Crippen molar-refractivity contribution in [3.8, 4) is 0 Å². The summed E-state index contributed by atoms with van der Waals surface area (Å²) in [4.78, 5) is 29.7. The minimum Gasteiger partial charge on any atom is -0.467 e. The second-order valence-electron chi connectivity index (χ2n) is 4.85. The van der Waals surface area contributed by atoms with Crippen molar-refractivity contribution in [3.05, 3.63) is 23.9 Å². The van der Waals surface area contributed by atoms with Gasteiger partial charge in [-0.15, -0.1) is 0 Å². The van der Waals surface area contributed by atoms with Crippen molar-refractivity contribution in [2.24, 2.45) is 0 Å². The molecule has 0 bridgehead atoms. The Kier molecular flexibility index (Phi) is 5.14. The van der Waals surface area contributed by atoms with Crippen LogP contribution in [0.15, 0.2) is 18.3 Å². The highest BCUT2D eigenvalue weighted by molar-refractivity contribution is 5.89. The maximum Gasteiger partial charge on any atom is 0.339 e. The molecule has 1 aromatic heterocycles. The second kappa shape index (κ2) is 7.06. The van der Waals surface area contributed by atoms with E-state index >= 15 is 0 Å². The van der Waals surface area contributed by atoms with E-state index in [1.165, 1.54) is 13.3 Å². The lowest BCUT2D eigenvalue weighted by molar-refractivity contribution is -0.142. The molecule has 6 nitrogen and oxygen atoms in total. The lowest BCUT2D eigenvalue weighted by Crippen LogP contribution is -2.45. The van der Waals surface area contributed by atoms with E-state index in [1.54, 1.807) is 19.1 Å². The standard InChI is InChI=1S/C15H20N2O4/c1-3-21-14(18)11-7-8-13(16-10-11)17-9-5-4-6-12(17)15(19)20-2/h7-8,10,12H,3-6,9H2,1-2H3. The van der Waals surface area contributed by atoms with Gasteiger partial charge in [0, 0.05) is 12.7 Å². The molecule has 0 amide bonds. The van der Waals surface area contributed by atoms with Crippen molar-refractivity contribution < 1.29 is 19.1 Å². The van der Waals surface area contributed by atoms with Gasteiger partial charge in [0.05, 0.1) is 19.3 Å². The van der Waals surface area contributed by atoms with E-state index in [1.807, 2.05) is 4.90 Å². The highest BCUT2D eigenvalue weighted by atomic mass is 16.5. The van der Waals surface area contributed by atoms with Crippen molar-refractivity contribution in [2.45, 2.75) is 32.2 Å². The lowest BCUT2D eigenvalue weighted by Gasteiger charge is -2.34. The molecule has 1 aliphatic rings. The van der Waals surface area contributed by atoms with Crippen LogP contribution < -0.4 is 4.90 Å². The number of carbonyl (C=O) groups excluding carboxylic acids is 2. The minimum atomic E-state index is -0.389. The summed E-state index contributed by atoms with van der Waals surface area (Å²) in [6, 6.07) is 3.11. The van der Waals surface area contributed by atoms with Crippen molar-refractivity contribution in [3.63, 3.8) is 0 Å². The Morgan fingerprint density at radius 2 is 2.19 bits per heavy atom. The first kappa shape index (κ1) is 15.3. The maximum absolute atomic E-state index is 11.8. The Bertz CT molecular complexity index is 501. The molecule has 0 radical (unpaired) electrons. The van der Waals surface area contributed by atoms with E-state index in [2.05, 4.69) is 4.98 Å². The van der Waals surface area contributed by atoms with Gasteiger partial charge in [0.2, 0.25) is 0 Å². The van der Waals surface area contributed by atoms with E-state index in [4.69, 9.17) is 9.47 Å². The molecule has 2 heterocycles. The molecule has 0 aromatic carbocycles. The SMILES string of the molecule is CCOC(=O)c1ccc(N2CCCCC2C(=O)OC)nc1. The summed E-state index contributed by atoms with van der Waals surface area (Å²) >= 11 is 0. The van der Waals surface area contributed by atoms with Gasteiger partial charge in [-0.3, -0.25) is 0 Å². The summed E-state index contributed by atoms with van der Waals surface area (Å²) in [5.74, 6) is 0.0452. The van der Waals surface area contributed by atoms with Crippen LogP contribution in [0.1, 0.15) is 36.5 Å². The number of aromatic nitrogens is 1. The quantitative estimate of drug-likeness (QED) is 0.788. The molecular weight excluding hydrogens is 272 g/mol. The number of ether oxygens (including phenoxy) is 2. The van der Waals surface area contributed by atoms with Crippen molar-refractivity contribution >= 4 is 17.8 Å². The van der Waals surface area contributed by atoms with Gasteiger partial charge in [-0.05, 0) is 38.3 Å². The van der Waals surface area contributed by atoms with Crippen LogP contribution in [-0.4, -0.2) is 43.2 Å². The largest absolute Gasteiger partial charge is 0.467 e. The fourth-order valence-electron chi connectivity index (χ4n) is 2.48. The molecule has 0 saturated carbocycles. The summed E-state index contributed by atoms with van der Waals surface area (Å²) in [6.07, 6.45) is 4.25. The van der Waals surface area contributed by atoms with E-state index in [-0.39, 0.29) is 18.0 Å². The van der Waals surface area contributed by atoms with Gasteiger partial charge in [-0.2, -0.15) is 0 Å². The average molecular weight is 292 g/mol. The smallest absolute Gasteiger partial charge is 0.339 e. The van der Waals surface area contributed by atoms with Crippen LogP contribution in [0.5, 0.6) is 0 Å². The van der Waals surface area contributed by atoms with Crippen LogP contribution in [0.4, 0.5) is 5.82 Å². The van der Waals surface area contributed by atoms with Gasteiger partial charge in [0.25, 0.3) is 0 Å². The molecule has 21 heavy (non-hydrogen) atoms. The van der Waals surface area contributed by atoms with Crippen LogP contribution in [0.25, 0.3) is 0 Å². The first-order chi connectivity index (χ1) is 10.2. The third-order valence-electron chi connectivity index (χ3n) is 3.53. The normalized spacial score (nSPS) is 18.2. The van der Waals surface area contributed by atoms with E-state index in [0.29, 0.717) is 18.0 Å². The molecule has 1 atom stereocenters. The van der Waals surface area contributed by atoms with Gasteiger partial charge in [0.15, 0.2) is 0 Å². The van der Waals surface area contributed by atoms with Crippen LogP contribution in [0.2, 0.25) is 0 Å². The van der Waals surface area contributed by atoms with Crippen LogP contribution in [0.3, 0.4) is 0 Å². The predicted molar refractivity (Wildman–Crippen MR) is 77.2 cm³/mol. The van der Waals surface area contributed by atoms with Crippen molar-refractivity contribution in [1.29, 1.82) is 0 Å². The van der Waals surface area contributed by atoms with Crippen molar-refractivity contribution in [1.82, 2.24) is 4.98 Å². The average Bonchev–Trinajstić information content (AvgIpc) is 2.54. The first-order valence-electron chi connectivity index (χ1n) is 7.15. The summed E-state index contributed by atoms with van der Waals surface area (Å²) in [5.41, 5.74) is 0.409. The van der Waals surface area contributed by atoms with Gasteiger partial charge in [0.1, 0.15) is 11.9 Å². The van der Waals surface area contributed by atoms with E-state index < -0.39 is 0 Å². The maximum atomic E-state index is 11.8. The Morgan fingerprint density at radius 3 is 2.81 bits per heavy atom. The van der Waals surface area contributed by atoms with Gasteiger partial charge in [-0.25, -0.2) is 14.6 Å². The third kappa shape index (κ3) is 3.51. The summed E-state index contributed by atoms with van der Waals surface area (Å²) in [5, 5.41) is 0. The monoisotopic (exact) mass is 292 g/mol. The molecule has 0 spiro atoms. The molecule has 1 fully saturated rings. The summed E-state index contributed by atoms with van der Waals surface area (Å²) < 4.78 is 9.78. The number of nitrogens with zero attached hydrogens (tertiary/aromatic N) is 2. The summed E-state index contributed by atoms with van der Waals surface area (Å²) in [7, 11) is 1.40. The number of hydrogen-bond acceptors (Lipinski definition) is 6. The first-order valence-corrected chi connectivity index (χ1v) is 7.15. The number of esters is 2. The number of rotatable bonds is 4.